The minimum Gasteiger partial charge on any atom is -0.392 e. The van der Waals surface area contributed by atoms with Crippen LogP contribution in [0.3, 0.4) is 0 Å². The van der Waals surface area contributed by atoms with Crippen LogP contribution in [0.4, 0.5) is 4.39 Å². The first-order valence-corrected chi connectivity index (χ1v) is 6.71. The summed E-state index contributed by atoms with van der Waals surface area (Å²) in [5.74, 6) is 0.554. The SMILES string of the molecule is Cc1oncc1CN1C[C@@H](O)C[C@@H]1c1ccc(F)cc1. The van der Waals surface area contributed by atoms with Gasteiger partial charge in [0.2, 0.25) is 0 Å². The van der Waals surface area contributed by atoms with E-state index in [0.29, 0.717) is 19.5 Å². The van der Waals surface area contributed by atoms with Gasteiger partial charge in [-0.05, 0) is 31.0 Å². The van der Waals surface area contributed by atoms with Crippen LogP contribution in [-0.2, 0) is 6.54 Å². The van der Waals surface area contributed by atoms with Crippen LogP contribution in [0.2, 0.25) is 0 Å². The van der Waals surface area contributed by atoms with Gasteiger partial charge >= 0.3 is 0 Å². The molecule has 1 aliphatic heterocycles. The summed E-state index contributed by atoms with van der Waals surface area (Å²) in [5.41, 5.74) is 2.04. The molecule has 4 nitrogen and oxygen atoms in total. The molecule has 3 rings (SSSR count). The molecule has 1 saturated heterocycles. The Hall–Kier alpha value is -1.72. The molecule has 106 valence electrons. The number of likely N-dealkylation sites (tertiary alicyclic amines) is 1. The molecule has 2 aromatic rings. The molecule has 0 aliphatic carbocycles. The third kappa shape index (κ3) is 2.59. The van der Waals surface area contributed by atoms with Crippen molar-refractivity contribution >= 4 is 0 Å². The summed E-state index contributed by atoms with van der Waals surface area (Å²) in [7, 11) is 0. The lowest BCUT2D eigenvalue weighted by atomic mass is 10.0. The number of β-amino-alcohol motifs (C(OH)–C–C–N with tert-alkyl or cyclic N) is 1. The normalized spacial score (nSPS) is 23.4. The van der Waals surface area contributed by atoms with E-state index in [1.54, 1.807) is 18.3 Å². The molecule has 5 heteroatoms. The molecule has 1 aromatic heterocycles. The van der Waals surface area contributed by atoms with Crippen LogP contribution in [0.1, 0.15) is 29.3 Å². The predicted octanol–water partition coefficient (Wildman–Crippen LogP) is 2.43. The topological polar surface area (TPSA) is 49.5 Å². The highest BCUT2D eigenvalue weighted by atomic mass is 19.1. The van der Waals surface area contributed by atoms with Crippen LogP contribution in [0.15, 0.2) is 35.0 Å². The summed E-state index contributed by atoms with van der Waals surface area (Å²) in [6.07, 6.45) is 2.02. The van der Waals surface area contributed by atoms with Crippen LogP contribution in [0, 0.1) is 12.7 Å². The van der Waals surface area contributed by atoms with Crippen LogP contribution in [-0.4, -0.2) is 27.8 Å². The van der Waals surface area contributed by atoms with E-state index in [4.69, 9.17) is 4.52 Å². The standard InChI is InChI=1S/C15H17FN2O2/c1-10-12(7-17-20-10)8-18-9-14(19)6-15(18)11-2-4-13(16)5-3-11/h2-5,7,14-15,19H,6,8-9H2,1H3/t14-,15+/m0/s1. The van der Waals surface area contributed by atoms with E-state index in [2.05, 4.69) is 10.1 Å². The summed E-state index contributed by atoms with van der Waals surface area (Å²) < 4.78 is 18.1. The Morgan fingerprint density at radius 3 is 2.80 bits per heavy atom. The van der Waals surface area contributed by atoms with Gasteiger partial charge in [-0.15, -0.1) is 0 Å². The first-order chi connectivity index (χ1) is 9.63. The lowest BCUT2D eigenvalue weighted by Gasteiger charge is -2.24. The Bertz CT molecular complexity index is 582. The molecule has 0 spiro atoms. The number of aromatic nitrogens is 1. The molecule has 1 N–H and O–H groups in total. The fraction of sp³-hybridized carbons (Fsp3) is 0.400. The lowest BCUT2D eigenvalue weighted by Crippen LogP contribution is -2.24. The third-order valence-corrected chi connectivity index (χ3v) is 3.86. The Labute approximate surface area is 116 Å². The largest absolute Gasteiger partial charge is 0.392 e. The highest BCUT2D eigenvalue weighted by Gasteiger charge is 2.32. The van der Waals surface area contributed by atoms with Crippen molar-refractivity contribution in [1.29, 1.82) is 0 Å². The zero-order valence-electron chi connectivity index (χ0n) is 11.3. The average molecular weight is 276 g/mol. The molecular weight excluding hydrogens is 259 g/mol. The Morgan fingerprint density at radius 1 is 1.40 bits per heavy atom. The van der Waals surface area contributed by atoms with Crippen molar-refractivity contribution in [1.82, 2.24) is 10.1 Å². The number of aliphatic hydroxyl groups is 1. The summed E-state index contributed by atoms with van der Waals surface area (Å²) in [6.45, 7) is 3.16. The van der Waals surface area contributed by atoms with E-state index in [1.165, 1.54) is 12.1 Å². The zero-order valence-corrected chi connectivity index (χ0v) is 11.3. The number of halogens is 1. The third-order valence-electron chi connectivity index (χ3n) is 3.86. The lowest BCUT2D eigenvalue weighted by molar-refractivity contribution is 0.172. The van der Waals surface area contributed by atoms with Crippen molar-refractivity contribution < 1.29 is 14.0 Å². The molecule has 20 heavy (non-hydrogen) atoms. The summed E-state index contributed by atoms with van der Waals surface area (Å²) in [4.78, 5) is 2.18. The van der Waals surface area contributed by atoms with Gasteiger partial charge in [0.05, 0.1) is 12.3 Å². The van der Waals surface area contributed by atoms with Gasteiger partial charge in [-0.1, -0.05) is 17.3 Å². The van der Waals surface area contributed by atoms with Crippen molar-refractivity contribution in [3.63, 3.8) is 0 Å². The van der Waals surface area contributed by atoms with E-state index in [0.717, 1.165) is 16.9 Å². The molecule has 0 unspecified atom stereocenters. The van der Waals surface area contributed by atoms with Crippen LogP contribution >= 0.6 is 0 Å². The minimum atomic E-state index is -0.356. The van der Waals surface area contributed by atoms with Crippen LogP contribution < -0.4 is 0 Å². The molecule has 0 radical (unpaired) electrons. The number of hydrogen-bond donors (Lipinski definition) is 1. The summed E-state index contributed by atoms with van der Waals surface area (Å²) in [6, 6.07) is 6.59. The van der Waals surface area contributed by atoms with Crippen LogP contribution in [0.25, 0.3) is 0 Å². The number of aryl methyl sites for hydroxylation is 1. The van der Waals surface area contributed by atoms with Gasteiger partial charge < -0.3 is 9.63 Å². The van der Waals surface area contributed by atoms with Crippen molar-refractivity contribution in [2.45, 2.75) is 32.0 Å². The quantitative estimate of drug-likeness (QED) is 0.935. The number of rotatable bonds is 3. The molecule has 1 aliphatic rings. The van der Waals surface area contributed by atoms with E-state index in [-0.39, 0.29) is 18.0 Å². The predicted molar refractivity (Wildman–Crippen MR) is 71.4 cm³/mol. The molecule has 0 bridgehead atoms. The number of benzene rings is 1. The summed E-state index contributed by atoms with van der Waals surface area (Å²) >= 11 is 0. The highest BCUT2D eigenvalue weighted by molar-refractivity contribution is 5.22. The second-order valence-corrected chi connectivity index (χ2v) is 5.29. The second kappa shape index (κ2) is 5.34. The number of hydrogen-bond acceptors (Lipinski definition) is 4. The van der Waals surface area contributed by atoms with Gasteiger partial charge in [0.1, 0.15) is 11.6 Å². The molecule has 1 fully saturated rings. The smallest absolute Gasteiger partial charge is 0.138 e. The summed E-state index contributed by atoms with van der Waals surface area (Å²) in [5, 5.41) is 13.7. The highest BCUT2D eigenvalue weighted by Crippen LogP contribution is 2.33. The number of nitrogens with zero attached hydrogens (tertiary/aromatic N) is 2. The Kier molecular flexibility index (Phi) is 3.54. The van der Waals surface area contributed by atoms with Crippen molar-refractivity contribution in [2.24, 2.45) is 0 Å². The molecule has 0 amide bonds. The monoisotopic (exact) mass is 276 g/mol. The Morgan fingerprint density at radius 2 is 2.15 bits per heavy atom. The van der Waals surface area contributed by atoms with Crippen molar-refractivity contribution in [2.75, 3.05) is 6.54 Å². The van der Waals surface area contributed by atoms with Gasteiger partial charge in [0, 0.05) is 24.7 Å². The van der Waals surface area contributed by atoms with Crippen molar-refractivity contribution in [3.8, 4) is 0 Å². The van der Waals surface area contributed by atoms with Gasteiger partial charge in [-0.3, -0.25) is 4.90 Å². The maximum atomic E-state index is 13.0. The molecule has 2 atom stereocenters. The van der Waals surface area contributed by atoms with E-state index in [9.17, 15) is 9.50 Å². The van der Waals surface area contributed by atoms with E-state index in [1.807, 2.05) is 6.92 Å². The van der Waals surface area contributed by atoms with E-state index < -0.39 is 0 Å². The maximum absolute atomic E-state index is 13.0. The molecule has 1 aromatic carbocycles. The van der Waals surface area contributed by atoms with E-state index >= 15 is 0 Å². The average Bonchev–Trinajstić information content (AvgIpc) is 2.98. The zero-order chi connectivity index (χ0) is 14.1. The maximum Gasteiger partial charge on any atom is 0.138 e. The fourth-order valence-corrected chi connectivity index (χ4v) is 2.78. The second-order valence-electron chi connectivity index (χ2n) is 5.29. The molecule has 2 heterocycles. The van der Waals surface area contributed by atoms with Gasteiger partial charge in [0.15, 0.2) is 0 Å². The fourth-order valence-electron chi connectivity index (χ4n) is 2.78. The van der Waals surface area contributed by atoms with Gasteiger partial charge in [-0.25, -0.2) is 4.39 Å². The first-order valence-electron chi connectivity index (χ1n) is 6.71. The minimum absolute atomic E-state index is 0.0971. The number of aliphatic hydroxyl groups excluding tert-OH is 1. The van der Waals surface area contributed by atoms with Gasteiger partial charge in [0.25, 0.3) is 0 Å². The van der Waals surface area contributed by atoms with Crippen LogP contribution in [0.5, 0.6) is 0 Å². The van der Waals surface area contributed by atoms with Gasteiger partial charge in [-0.2, -0.15) is 0 Å². The first kappa shape index (κ1) is 13.3. The Balaban J connectivity index is 1.81. The molecule has 0 saturated carbocycles. The van der Waals surface area contributed by atoms with Crippen molar-refractivity contribution in [3.05, 3.63) is 53.2 Å². The molecular formula is C15H17FN2O2.